The molecule has 2 saturated heterocycles. The van der Waals surface area contributed by atoms with Gasteiger partial charge in [0.25, 0.3) is 11.5 Å². The van der Waals surface area contributed by atoms with Crippen molar-refractivity contribution in [1.29, 1.82) is 0 Å². The second kappa shape index (κ2) is 18.0. The molecule has 3 aliphatic heterocycles. The van der Waals surface area contributed by atoms with E-state index in [0.29, 0.717) is 72.6 Å². The fraction of sp³-hybridized carbons (Fsp3) is 0.302. The number of aromatic amines is 1. The number of benzene rings is 3. The minimum atomic E-state index is -0.585. The number of imide groups is 1. The van der Waals surface area contributed by atoms with Crippen molar-refractivity contribution in [3.63, 3.8) is 0 Å². The third-order valence-electron chi connectivity index (χ3n) is 14.3. The fourth-order valence-electron chi connectivity index (χ4n) is 10.4. The number of carbonyl (C=O) groups is 3. The average Bonchev–Trinajstić information content (AvgIpc) is 3.97. The maximum Gasteiger partial charge on any atom is 0.264 e. The summed E-state index contributed by atoms with van der Waals surface area (Å²) in [7, 11) is 3.70. The first-order chi connectivity index (χ1) is 32.8. The van der Waals surface area contributed by atoms with Gasteiger partial charge in [0.2, 0.25) is 11.8 Å². The number of hydrogen-bond acceptors (Lipinski definition) is 8. The van der Waals surface area contributed by atoms with Gasteiger partial charge in [-0.05, 0) is 129 Å². The average molecular weight is 918 g/mol. The molecule has 15 heteroatoms. The zero-order valence-corrected chi connectivity index (χ0v) is 38.5. The number of nitrogens with one attached hydrogen (secondary N) is 3. The summed E-state index contributed by atoms with van der Waals surface area (Å²) in [6.45, 7) is 6.66. The Hall–Kier alpha value is -7.39. The number of amides is 3. The second-order valence-corrected chi connectivity index (χ2v) is 18.3. The van der Waals surface area contributed by atoms with Crippen molar-refractivity contribution >= 4 is 62.3 Å². The van der Waals surface area contributed by atoms with Gasteiger partial charge in [-0.2, -0.15) is 0 Å². The third-order valence-corrected chi connectivity index (χ3v) is 14.3. The molecule has 0 spiro atoms. The highest BCUT2D eigenvalue weighted by Crippen LogP contribution is 2.36. The van der Waals surface area contributed by atoms with Gasteiger partial charge in [-0.3, -0.25) is 34.0 Å². The lowest BCUT2D eigenvalue weighted by atomic mass is 9.89. The number of aromatic nitrogens is 4. The van der Waals surface area contributed by atoms with E-state index in [-0.39, 0.29) is 47.1 Å². The summed E-state index contributed by atoms with van der Waals surface area (Å²) in [4.78, 5) is 64.6. The Morgan fingerprint density at radius 1 is 0.882 bits per heavy atom. The van der Waals surface area contributed by atoms with Crippen LogP contribution >= 0.6 is 0 Å². The van der Waals surface area contributed by atoms with Gasteiger partial charge < -0.3 is 24.7 Å². The van der Waals surface area contributed by atoms with Crippen LogP contribution in [0.15, 0.2) is 108 Å². The van der Waals surface area contributed by atoms with Crippen molar-refractivity contribution in [1.82, 2.24) is 29.3 Å². The molecule has 2 atom stereocenters. The van der Waals surface area contributed by atoms with Crippen LogP contribution in [0.4, 0.5) is 25.8 Å². The van der Waals surface area contributed by atoms with E-state index in [1.54, 1.807) is 59.4 Å². The fourth-order valence-corrected chi connectivity index (χ4v) is 10.4. The van der Waals surface area contributed by atoms with E-state index in [1.807, 2.05) is 55.3 Å². The molecule has 0 bridgehead atoms. The van der Waals surface area contributed by atoms with Gasteiger partial charge in [-0.25, -0.2) is 13.8 Å². The van der Waals surface area contributed by atoms with E-state index in [1.165, 1.54) is 12.1 Å². The van der Waals surface area contributed by atoms with Gasteiger partial charge in [0.1, 0.15) is 23.3 Å². The minimum absolute atomic E-state index is 0.00691. The highest BCUT2D eigenvalue weighted by atomic mass is 19.1. The second-order valence-electron chi connectivity index (χ2n) is 18.3. The van der Waals surface area contributed by atoms with Crippen molar-refractivity contribution in [2.45, 2.75) is 64.0 Å². The normalized spacial score (nSPS) is 17.6. The van der Waals surface area contributed by atoms with Crippen LogP contribution in [0.3, 0.4) is 0 Å². The SMILES string of the molecule is Cc1cc(C(=O)N(C)c2ccc(C3CCN(c4ccc(NC5CCC(=O)NC5=O)cc4F)CC3)cc2)cc(F)c1C1=CCN([C@H](C)c2cc3c(-n4ccc5[nH]ccc5c4=O)ccnc3n2C)CC1. The summed E-state index contributed by atoms with van der Waals surface area (Å²) in [5, 5.41) is 6.86. The van der Waals surface area contributed by atoms with Crippen LogP contribution in [0, 0.1) is 18.6 Å². The quantitative estimate of drug-likeness (QED) is 0.116. The standard InChI is InChI=1S/C53H53F2N9O4/c1-31-27-36(52(67)60(3)38-8-5-33(6-9-38)34-15-24-63(25-16-34)46-11-7-37(29-41(46)54)58-44-10-12-48(65)59-51(44)66)28-42(55)49(31)35-17-22-62(23-18-35)32(2)47-30-40-45(14-21-57-50(40)61(47)4)64-26-19-43-39(53(64)68)13-20-56-43/h5-9,11,13-14,17,19-21,26-30,32,34,44,56,58H,10,12,15-16,18,22-25H2,1-4H3,(H,59,65,66)/t32-,44?/m1/s1. The summed E-state index contributed by atoms with van der Waals surface area (Å²) in [6, 6.07) is 23.0. The van der Waals surface area contributed by atoms with Gasteiger partial charge in [-0.15, -0.1) is 0 Å². The van der Waals surface area contributed by atoms with Crippen LogP contribution in [0.5, 0.6) is 0 Å². The summed E-state index contributed by atoms with van der Waals surface area (Å²) < 4.78 is 35.2. The smallest absolute Gasteiger partial charge is 0.264 e. The number of fused-ring (bicyclic) bond motifs is 2. The first kappa shape index (κ1) is 44.4. The zero-order chi connectivity index (χ0) is 47.4. The number of halogens is 2. The van der Waals surface area contributed by atoms with Crippen LogP contribution in [-0.4, -0.2) is 81.0 Å². The number of aryl methyl sites for hydroxylation is 2. The molecule has 0 radical (unpaired) electrons. The van der Waals surface area contributed by atoms with E-state index in [2.05, 4.69) is 49.1 Å². The number of H-pyrrole nitrogens is 1. The number of carbonyl (C=O) groups excluding carboxylic acids is 3. The number of hydrogen-bond donors (Lipinski definition) is 3. The van der Waals surface area contributed by atoms with Crippen LogP contribution in [-0.2, 0) is 16.6 Å². The van der Waals surface area contributed by atoms with E-state index in [0.717, 1.165) is 51.9 Å². The van der Waals surface area contributed by atoms with Crippen molar-refractivity contribution in [2.24, 2.45) is 7.05 Å². The van der Waals surface area contributed by atoms with Crippen molar-refractivity contribution in [3.05, 3.63) is 153 Å². The molecule has 7 aromatic rings. The Kier molecular flexibility index (Phi) is 11.8. The van der Waals surface area contributed by atoms with E-state index < -0.39 is 17.8 Å². The van der Waals surface area contributed by atoms with Crippen molar-refractivity contribution in [2.75, 3.05) is 48.3 Å². The summed E-state index contributed by atoms with van der Waals surface area (Å²) in [5.74, 6) is -1.54. The molecule has 7 heterocycles. The molecule has 348 valence electrons. The molecule has 3 amide bonds. The molecule has 2 fully saturated rings. The maximum atomic E-state index is 16.1. The molecular weight excluding hydrogens is 865 g/mol. The number of piperidine rings is 2. The number of pyridine rings is 2. The van der Waals surface area contributed by atoms with E-state index in [4.69, 9.17) is 0 Å². The van der Waals surface area contributed by atoms with Crippen molar-refractivity contribution < 1.29 is 23.2 Å². The Morgan fingerprint density at radius 2 is 1.68 bits per heavy atom. The molecule has 68 heavy (non-hydrogen) atoms. The highest BCUT2D eigenvalue weighted by Gasteiger charge is 2.29. The molecular formula is C53H53F2N9O4. The first-order valence-electron chi connectivity index (χ1n) is 23.2. The van der Waals surface area contributed by atoms with Gasteiger partial charge in [0.05, 0.1) is 22.3 Å². The predicted octanol–water partition coefficient (Wildman–Crippen LogP) is 8.52. The van der Waals surface area contributed by atoms with Crippen molar-refractivity contribution in [3.8, 4) is 5.69 Å². The Labute approximate surface area is 392 Å². The van der Waals surface area contributed by atoms with Crippen LogP contribution in [0.1, 0.15) is 83.7 Å². The molecule has 0 aliphatic carbocycles. The van der Waals surface area contributed by atoms with Crippen LogP contribution in [0.25, 0.3) is 33.2 Å². The van der Waals surface area contributed by atoms with E-state index >= 15 is 8.78 Å². The Morgan fingerprint density at radius 3 is 2.40 bits per heavy atom. The highest BCUT2D eigenvalue weighted by molar-refractivity contribution is 6.06. The maximum absolute atomic E-state index is 16.1. The topological polar surface area (TPSA) is 141 Å². The Bertz CT molecular complexity index is 3200. The summed E-state index contributed by atoms with van der Waals surface area (Å²) >= 11 is 0. The molecule has 3 N–H and O–H groups in total. The number of nitrogens with zero attached hydrogens (tertiary/aromatic N) is 6. The Balaban J connectivity index is 0.761. The molecule has 10 rings (SSSR count). The lowest BCUT2D eigenvalue weighted by Gasteiger charge is -2.34. The van der Waals surface area contributed by atoms with Crippen LogP contribution in [0.2, 0.25) is 0 Å². The van der Waals surface area contributed by atoms with E-state index in [9.17, 15) is 19.2 Å². The largest absolute Gasteiger partial charge is 0.374 e. The first-order valence-corrected chi connectivity index (χ1v) is 23.2. The number of rotatable bonds is 10. The van der Waals surface area contributed by atoms with Gasteiger partial charge in [-0.1, -0.05) is 18.2 Å². The summed E-state index contributed by atoms with van der Waals surface area (Å²) in [6.07, 6.45) is 10.3. The van der Waals surface area contributed by atoms with Gasteiger partial charge in [0, 0.05) is 105 Å². The number of anilines is 3. The van der Waals surface area contributed by atoms with Crippen LogP contribution < -0.4 is 26.0 Å². The lowest BCUT2D eigenvalue weighted by molar-refractivity contribution is -0.133. The minimum Gasteiger partial charge on any atom is -0.374 e. The molecule has 1 unspecified atom stereocenters. The van der Waals surface area contributed by atoms with Gasteiger partial charge in [0.15, 0.2) is 0 Å². The molecule has 4 aromatic heterocycles. The summed E-state index contributed by atoms with van der Waals surface area (Å²) in [5.41, 5.74) is 8.57. The molecule has 3 aliphatic rings. The zero-order valence-electron chi connectivity index (χ0n) is 38.5. The predicted molar refractivity (Wildman–Crippen MR) is 261 cm³/mol. The molecule has 13 nitrogen and oxygen atoms in total. The monoisotopic (exact) mass is 917 g/mol. The molecule has 0 saturated carbocycles. The lowest BCUT2D eigenvalue weighted by Crippen LogP contribution is -2.47. The van der Waals surface area contributed by atoms with Gasteiger partial charge >= 0.3 is 0 Å². The molecule has 3 aromatic carbocycles. The third kappa shape index (κ3) is 8.24.